The lowest BCUT2D eigenvalue weighted by Crippen LogP contribution is -2.20. The lowest BCUT2D eigenvalue weighted by molar-refractivity contribution is -0.140. The number of carbonyl (C=O) groups is 4. The van der Waals surface area contributed by atoms with Crippen LogP contribution in [0.2, 0.25) is 0 Å². The number of hydrogen-bond donors (Lipinski definition) is 0. The van der Waals surface area contributed by atoms with E-state index in [9.17, 15) is 19.2 Å². The number of ether oxygens (including phenoxy) is 3. The van der Waals surface area contributed by atoms with E-state index < -0.39 is 23.7 Å². The molecular weight excluding hydrogens is 368 g/mol. The van der Waals surface area contributed by atoms with Gasteiger partial charge in [0, 0.05) is 18.8 Å². The van der Waals surface area contributed by atoms with E-state index in [0.717, 1.165) is 0 Å². The zero-order chi connectivity index (χ0) is 20.7. The summed E-state index contributed by atoms with van der Waals surface area (Å²) in [5, 5.41) is 0. The second-order valence-corrected chi connectivity index (χ2v) is 5.47. The van der Waals surface area contributed by atoms with E-state index in [1.54, 1.807) is 0 Å². The van der Waals surface area contributed by atoms with Crippen LogP contribution in [0, 0.1) is 0 Å². The van der Waals surface area contributed by atoms with E-state index >= 15 is 0 Å². The monoisotopic (exact) mass is 386 g/mol. The normalized spacial score (nSPS) is 10.1. The summed E-state index contributed by atoms with van der Waals surface area (Å²) in [6.45, 7) is 0. The largest absolute Gasteiger partial charge is 0.469 e. The minimum Gasteiger partial charge on any atom is -0.469 e. The summed E-state index contributed by atoms with van der Waals surface area (Å²) in [4.78, 5) is 57.0. The molecule has 9 nitrogen and oxygen atoms in total. The van der Waals surface area contributed by atoms with Crippen molar-refractivity contribution >= 4 is 23.7 Å². The molecule has 0 amide bonds. The number of aryl methyl sites for hydroxylation is 1. The molecule has 0 radical (unpaired) electrons. The van der Waals surface area contributed by atoms with Gasteiger partial charge in [0.25, 0.3) is 0 Å². The van der Waals surface area contributed by atoms with E-state index in [-0.39, 0.29) is 40.9 Å². The highest BCUT2D eigenvalue weighted by Crippen LogP contribution is 2.21. The van der Waals surface area contributed by atoms with Gasteiger partial charge in [-0.1, -0.05) is 0 Å². The first-order chi connectivity index (χ1) is 13.4. The van der Waals surface area contributed by atoms with Crippen LogP contribution in [0.1, 0.15) is 48.9 Å². The van der Waals surface area contributed by atoms with Crippen molar-refractivity contribution in [3.8, 4) is 0 Å². The average Bonchev–Trinajstić information content (AvgIpc) is 2.75. The third kappa shape index (κ3) is 4.37. The van der Waals surface area contributed by atoms with Gasteiger partial charge in [0.15, 0.2) is 0 Å². The van der Waals surface area contributed by atoms with Crippen LogP contribution < -0.4 is 0 Å². The van der Waals surface area contributed by atoms with E-state index in [2.05, 4.69) is 19.4 Å². The third-order valence-electron chi connectivity index (χ3n) is 3.88. The molecule has 146 valence electrons. The Bertz CT molecular complexity index is 924. The highest BCUT2D eigenvalue weighted by Gasteiger charge is 2.28. The standard InChI is InChI=1S/C19H18N2O7/c1-26-14(22)7-6-13-15(11(8-10-20-13)18(24)27-2)17(23)16-12(19(25)28-3)5-4-9-21-16/h4-5,8-10H,6-7H2,1-3H3. The average molecular weight is 386 g/mol. The number of methoxy groups -OCH3 is 3. The number of aromatic nitrogens is 2. The van der Waals surface area contributed by atoms with Crippen LogP contribution in [-0.4, -0.2) is 55.0 Å². The zero-order valence-electron chi connectivity index (χ0n) is 15.6. The van der Waals surface area contributed by atoms with Crippen LogP contribution in [0.25, 0.3) is 0 Å². The first kappa shape index (κ1) is 20.7. The predicted molar refractivity (Wildman–Crippen MR) is 94.9 cm³/mol. The second-order valence-electron chi connectivity index (χ2n) is 5.47. The van der Waals surface area contributed by atoms with Crippen molar-refractivity contribution < 1.29 is 33.4 Å². The van der Waals surface area contributed by atoms with E-state index in [0.29, 0.717) is 0 Å². The number of ketones is 1. The van der Waals surface area contributed by atoms with Crippen LogP contribution in [0.3, 0.4) is 0 Å². The maximum atomic E-state index is 13.2. The maximum absolute atomic E-state index is 13.2. The van der Waals surface area contributed by atoms with Crippen LogP contribution in [0.4, 0.5) is 0 Å². The van der Waals surface area contributed by atoms with E-state index in [1.165, 1.54) is 51.9 Å². The summed E-state index contributed by atoms with van der Waals surface area (Å²) < 4.78 is 14.0. The Balaban J connectivity index is 2.62. The molecular formula is C19H18N2O7. The fraction of sp³-hybridized carbons (Fsp3) is 0.263. The lowest BCUT2D eigenvalue weighted by Gasteiger charge is -2.13. The van der Waals surface area contributed by atoms with Crippen LogP contribution in [0.5, 0.6) is 0 Å². The molecule has 2 heterocycles. The molecule has 0 spiro atoms. The molecule has 0 unspecified atom stereocenters. The topological polar surface area (TPSA) is 122 Å². The number of pyridine rings is 2. The number of hydrogen-bond acceptors (Lipinski definition) is 9. The molecule has 0 aliphatic heterocycles. The molecule has 0 aromatic carbocycles. The first-order valence-electron chi connectivity index (χ1n) is 8.15. The lowest BCUT2D eigenvalue weighted by atomic mass is 9.95. The quantitative estimate of drug-likeness (QED) is 0.394. The van der Waals surface area contributed by atoms with Crippen molar-refractivity contribution in [1.82, 2.24) is 9.97 Å². The van der Waals surface area contributed by atoms with Crippen LogP contribution >= 0.6 is 0 Å². The summed E-state index contributed by atoms with van der Waals surface area (Å²) in [7, 11) is 3.59. The van der Waals surface area contributed by atoms with Crippen LogP contribution in [-0.2, 0) is 25.4 Å². The van der Waals surface area contributed by atoms with Gasteiger partial charge in [-0.15, -0.1) is 0 Å². The fourth-order valence-corrected chi connectivity index (χ4v) is 2.53. The molecule has 0 atom stereocenters. The Hall–Kier alpha value is -3.62. The van der Waals surface area contributed by atoms with Gasteiger partial charge < -0.3 is 14.2 Å². The number of carbonyl (C=O) groups excluding carboxylic acids is 4. The zero-order valence-corrected chi connectivity index (χ0v) is 15.6. The molecule has 0 N–H and O–H groups in total. The summed E-state index contributed by atoms with van der Waals surface area (Å²) in [5.41, 5.74) is -0.230. The van der Waals surface area contributed by atoms with E-state index in [4.69, 9.17) is 4.74 Å². The van der Waals surface area contributed by atoms with Gasteiger partial charge in [0.1, 0.15) is 5.69 Å². The number of nitrogens with zero attached hydrogens (tertiary/aromatic N) is 2. The van der Waals surface area contributed by atoms with Gasteiger partial charge in [-0.2, -0.15) is 0 Å². The Morgan fingerprint density at radius 1 is 0.857 bits per heavy atom. The molecule has 0 saturated heterocycles. The molecule has 2 rings (SSSR count). The van der Waals surface area contributed by atoms with Gasteiger partial charge in [0.2, 0.25) is 5.78 Å². The van der Waals surface area contributed by atoms with Crippen molar-refractivity contribution in [2.75, 3.05) is 21.3 Å². The second kappa shape index (κ2) is 9.36. The van der Waals surface area contributed by atoms with E-state index in [1.807, 2.05) is 0 Å². The summed E-state index contributed by atoms with van der Waals surface area (Å²) in [5.74, 6) is -2.73. The fourth-order valence-electron chi connectivity index (χ4n) is 2.53. The Kier molecular flexibility index (Phi) is 6.91. The van der Waals surface area contributed by atoms with Crippen molar-refractivity contribution in [3.63, 3.8) is 0 Å². The molecule has 0 fully saturated rings. The van der Waals surface area contributed by atoms with Gasteiger partial charge >= 0.3 is 17.9 Å². The van der Waals surface area contributed by atoms with Gasteiger partial charge in [-0.05, 0) is 18.2 Å². The Morgan fingerprint density at radius 3 is 2.18 bits per heavy atom. The predicted octanol–water partition coefficient (Wildman–Crippen LogP) is 1.39. The minimum atomic E-state index is -0.763. The maximum Gasteiger partial charge on any atom is 0.340 e. The Labute approximate surface area is 160 Å². The number of esters is 3. The molecule has 2 aromatic rings. The van der Waals surface area contributed by atoms with Crippen molar-refractivity contribution in [3.05, 3.63) is 58.7 Å². The number of rotatable bonds is 7. The van der Waals surface area contributed by atoms with Crippen molar-refractivity contribution in [1.29, 1.82) is 0 Å². The highest BCUT2D eigenvalue weighted by molar-refractivity contribution is 6.17. The van der Waals surface area contributed by atoms with Crippen molar-refractivity contribution in [2.24, 2.45) is 0 Å². The van der Waals surface area contributed by atoms with Gasteiger partial charge in [0.05, 0.1) is 50.1 Å². The molecule has 28 heavy (non-hydrogen) atoms. The van der Waals surface area contributed by atoms with Crippen LogP contribution in [0.15, 0.2) is 30.6 Å². The Morgan fingerprint density at radius 2 is 1.54 bits per heavy atom. The van der Waals surface area contributed by atoms with Crippen molar-refractivity contribution in [2.45, 2.75) is 12.8 Å². The molecule has 0 aliphatic carbocycles. The van der Waals surface area contributed by atoms with Gasteiger partial charge in [-0.3, -0.25) is 19.6 Å². The summed E-state index contributed by atoms with van der Waals surface area (Å²) in [6.07, 6.45) is 2.65. The molecule has 0 aliphatic rings. The molecule has 2 aromatic heterocycles. The third-order valence-corrected chi connectivity index (χ3v) is 3.88. The smallest absolute Gasteiger partial charge is 0.340 e. The summed E-state index contributed by atoms with van der Waals surface area (Å²) >= 11 is 0. The molecule has 0 bridgehead atoms. The molecule has 9 heteroatoms. The summed E-state index contributed by atoms with van der Waals surface area (Å²) in [6, 6.07) is 4.18. The highest BCUT2D eigenvalue weighted by atomic mass is 16.5. The SMILES string of the molecule is COC(=O)CCc1nccc(C(=O)OC)c1C(=O)c1ncccc1C(=O)OC. The van der Waals surface area contributed by atoms with Gasteiger partial charge in [-0.25, -0.2) is 9.59 Å². The first-order valence-corrected chi connectivity index (χ1v) is 8.15. The molecule has 0 saturated carbocycles. The minimum absolute atomic E-state index is 0.0406.